The van der Waals surface area contributed by atoms with Crippen molar-refractivity contribution in [2.24, 2.45) is 0 Å². The fraction of sp³-hybridized carbons (Fsp3) is 0.211. The Bertz CT molecular complexity index is 867. The van der Waals surface area contributed by atoms with E-state index in [1.165, 1.54) is 0 Å². The average molecular weight is 352 g/mol. The zero-order chi connectivity index (χ0) is 18.4. The highest BCUT2D eigenvalue weighted by Crippen LogP contribution is 2.19. The summed E-state index contributed by atoms with van der Waals surface area (Å²) in [6, 6.07) is 10.8. The largest absolute Gasteiger partial charge is 0.465 e. The van der Waals surface area contributed by atoms with Crippen molar-refractivity contribution in [3.63, 3.8) is 0 Å². The lowest BCUT2D eigenvalue weighted by molar-refractivity contribution is 0.249. The van der Waals surface area contributed by atoms with E-state index in [9.17, 15) is 4.79 Å². The van der Waals surface area contributed by atoms with Crippen LogP contribution < -0.4 is 10.6 Å². The molecule has 1 unspecified atom stereocenters. The molecule has 0 spiro atoms. The number of benzene rings is 1. The summed E-state index contributed by atoms with van der Waals surface area (Å²) in [5, 5.41) is 9.60. The Morgan fingerprint density at radius 2 is 2.04 bits per heavy atom. The lowest BCUT2D eigenvalue weighted by Crippen LogP contribution is -2.35. The van der Waals surface area contributed by atoms with E-state index in [0.29, 0.717) is 23.2 Å². The Hall–Kier alpha value is -3.35. The minimum absolute atomic E-state index is 0.126. The van der Waals surface area contributed by atoms with E-state index >= 15 is 0 Å². The highest BCUT2D eigenvalue weighted by molar-refractivity contribution is 5.89. The predicted molar refractivity (Wildman–Crippen MR) is 99.3 cm³/mol. The number of hydrogen-bond acceptors (Lipinski definition) is 5. The van der Waals surface area contributed by atoms with E-state index in [1.54, 1.807) is 36.6 Å². The normalized spacial score (nSPS) is 12.2. The Morgan fingerprint density at radius 3 is 2.73 bits per heavy atom. The summed E-state index contributed by atoms with van der Waals surface area (Å²) in [6.45, 7) is 3.97. The van der Waals surface area contributed by atoms with Crippen molar-refractivity contribution in [1.29, 1.82) is 0 Å². The third-order valence-electron chi connectivity index (χ3n) is 3.77. The maximum atomic E-state index is 11.8. The first-order valence-electron chi connectivity index (χ1n) is 8.37. The van der Waals surface area contributed by atoms with E-state index in [4.69, 9.17) is 8.94 Å². The molecule has 0 saturated heterocycles. The van der Waals surface area contributed by atoms with Crippen molar-refractivity contribution in [1.82, 2.24) is 15.5 Å². The zero-order valence-corrected chi connectivity index (χ0v) is 14.6. The number of amides is 2. The molecule has 0 aliphatic carbocycles. The van der Waals surface area contributed by atoms with Gasteiger partial charge in [0.05, 0.1) is 6.26 Å². The summed E-state index contributed by atoms with van der Waals surface area (Å²) >= 11 is 0. The van der Waals surface area contributed by atoms with Gasteiger partial charge in [-0.25, -0.2) is 4.79 Å². The Morgan fingerprint density at radius 1 is 1.23 bits per heavy atom. The van der Waals surface area contributed by atoms with Crippen molar-refractivity contribution in [3.8, 4) is 11.4 Å². The van der Waals surface area contributed by atoms with Crippen LogP contribution in [0.1, 0.15) is 31.9 Å². The number of urea groups is 1. The molecule has 0 aliphatic heterocycles. The van der Waals surface area contributed by atoms with Crippen LogP contribution >= 0.6 is 0 Å². The molecule has 134 valence electrons. The van der Waals surface area contributed by atoms with Gasteiger partial charge in [-0.3, -0.25) is 0 Å². The molecule has 2 heterocycles. The number of carbonyl (C=O) groups excluding carboxylic acids is 1. The maximum absolute atomic E-state index is 11.8. The van der Waals surface area contributed by atoms with Crippen molar-refractivity contribution >= 4 is 23.9 Å². The van der Waals surface area contributed by atoms with Crippen molar-refractivity contribution in [2.75, 3.05) is 5.32 Å². The molecule has 0 radical (unpaired) electrons. The summed E-state index contributed by atoms with van der Waals surface area (Å²) < 4.78 is 10.4. The van der Waals surface area contributed by atoms with Gasteiger partial charge >= 0.3 is 6.03 Å². The fourth-order valence-corrected chi connectivity index (χ4v) is 2.16. The molecule has 2 amide bonds. The molecule has 3 rings (SSSR count). The average Bonchev–Trinajstić information content (AvgIpc) is 3.32. The van der Waals surface area contributed by atoms with Crippen LogP contribution in [-0.2, 0) is 0 Å². The molecule has 2 aromatic heterocycles. The number of anilines is 1. The standard InChI is InChI=1S/C19H20N4O3/c1-3-13(2)20-19(24)21-15-8-6-14(7-9-15)18-22-17(26-23-18)11-10-16-5-4-12-25-16/h4-13H,3H2,1-2H3,(H2,20,21,24). The van der Waals surface area contributed by atoms with E-state index < -0.39 is 0 Å². The van der Waals surface area contributed by atoms with Crippen LogP contribution in [0.2, 0.25) is 0 Å². The van der Waals surface area contributed by atoms with Gasteiger partial charge in [0.2, 0.25) is 5.82 Å². The fourth-order valence-electron chi connectivity index (χ4n) is 2.16. The van der Waals surface area contributed by atoms with Crippen molar-refractivity contribution in [3.05, 3.63) is 54.3 Å². The summed E-state index contributed by atoms with van der Waals surface area (Å²) in [7, 11) is 0. The van der Waals surface area contributed by atoms with Gasteiger partial charge < -0.3 is 19.6 Å². The van der Waals surface area contributed by atoms with Gasteiger partial charge in [0.1, 0.15) is 5.76 Å². The molecule has 7 heteroatoms. The van der Waals surface area contributed by atoms with Crippen LogP contribution in [0.15, 0.2) is 51.6 Å². The maximum Gasteiger partial charge on any atom is 0.319 e. The molecule has 0 saturated carbocycles. The number of nitrogens with zero attached hydrogens (tertiary/aromatic N) is 2. The number of furan rings is 1. The molecule has 0 aliphatic rings. The van der Waals surface area contributed by atoms with Gasteiger partial charge in [-0.15, -0.1) is 0 Å². The molecular weight excluding hydrogens is 332 g/mol. The molecular formula is C19H20N4O3. The second-order valence-electron chi connectivity index (χ2n) is 5.79. The topological polar surface area (TPSA) is 93.2 Å². The van der Waals surface area contributed by atoms with Crippen LogP contribution in [0.25, 0.3) is 23.5 Å². The molecule has 1 atom stereocenters. The highest BCUT2D eigenvalue weighted by atomic mass is 16.5. The Kier molecular flexibility index (Phi) is 5.48. The first-order valence-corrected chi connectivity index (χ1v) is 8.37. The van der Waals surface area contributed by atoms with Gasteiger partial charge in [0, 0.05) is 23.4 Å². The monoisotopic (exact) mass is 352 g/mol. The van der Waals surface area contributed by atoms with E-state index in [1.807, 2.05) is 32.0 Å². The van der Waals surface area contributed by atoms with Crippen molar-refractivity contribution in [2.45, 2.75) is 26.3 Å². The molecule has 0 bridgehead atoms. The molecule has 1 aromatic carbocycles. The zero-order valence-electron chi connectivity index (χ0n) is 14.6. The lowest BCUT2D eigenvalue weighted by Gasteiger charge is -2.12. The summed E-state index contributed by atoms with van der Waals surface area (Å²) in [6.07, 6.45) is 5.91. The number of aromatic nitrogens is 2. The number of hydrogen-bond donors (Lipinski definition) is 2. The minimum Gasteiger partial charge on any atom is -0.465 e. The highest BCUT2D eigenvalue weighted by Gasteiger charge is 2.08. The molecule has 0 fully saturated rings. The van der Waals surface area contributed by atoms with Gasteiger partial charge in [-0.05, 0) is 55.8 Å². The Labute approximate surface area is 151 Å². The first-order chi connectivity index (χ1) is 12.6. The second-order valence-corrected chi connectivity index (χ2v) is 5.79. The summed E-state index contributed by atoms with van der Waals surface area (Å²) in [5.74, 6) is 1.56. The summed E-state index contributed by atoms with van der Waals surface area (Å²) in [4.78, 5) is 16.1. The molecule has 26 heavy (non-hydrogen) atoms. The quantitative estimate of drug-likeness (QED) is 0.685. The molecule has 2 N–H and O–H groups in total. The van der Waals surface area contributed by atoms with E-state index in [2.05, 4.69) is 20.8 Å². The second kappa shape index (κ2) is 8.15. The van der Waals surface area contributed by atoms with Crippen molar-refractivity contribution < 1.29 is 13.7 Å². The lowest BCUT2D eigenvalue weighted by atomic mass is 10.2. The third-order valence-corrected chi connectivity index (χ3v) is 3.77. The van der Waals surface area contributed by atoms with E-state index in [-0.39, 0.29) is 12.1 Å². The van der Waals surface area contributed by atoms with Gasteiger partial charge in [0.25, 0.3) is 5.89 Å². The Balaban J connectivity index is 1.63. The third kappa shape index (κ3) is 4.60. The SMILES string of the molecule is CCC(C)NC(=O)Nc1ccc(-c2noc(C=Cc3ccco3)n2)cc1. The van der Waals surface area contributed by atoms with Crippen LogP contribution in [0.3, 0.4) is 0 Å². The van der Waals surface area contributed by atoms with Crippen LogP contribution in [0.4, 0.5) is 10.5 Å². The summed E-state index contributed by atoms with van der Waals surface area (Å²) in [5.41, 5.74) is 1.48. The molecule has 3 aromatic rings. The predicted octanol–water partition coefficient (Wildman–Crippen LogP) is 4.42. The van der Waals surface area contributed by atoms with E-state index in [0.717, 1.165) is 12.0 Å². The van der Waals surface area contributed by atoms with Gasteiger partial charge in [-0.2, -0.15) is 4.98 Å². The van der Waals surface area contributed by atoms with Crippen LogP contribution in [0.5, 0.6) is 0 Å². The van der Waals surface area contributed by atoms with Gasteiger partial charge in [0.15, 0.2) is 0 Å². The smallest absolute Gasteiger partial charge is 0.319 e. The minimum atomic E-state index is -0.225. The number of carbonyl (C=O) groups is 1. The first kappa shape index (κ1) is 17.5. The number of rotatable bonds is 6. The van der Waals surface area contributed by atoms with Crippen LogP contribution in [0, 0.1) is 0 Å². The number of nitrogens with one attached hydrogen (secondary N) is 2. The molecule has 7 nitrogen and oxygen atoms in total. The van der Waals surface area contributed by atoms with Gasteiger partial charge in [-0.1, -0.05) is 12.1 Å². The van der Waals surface area contributed by atoms with Crippen LogP contribution in [-0.4, -0.2) is 22.2 Å².